The molecule has 0 spiro atoms. The number of amides is 1. The van der Waals surface area contributed by atoms with Crippen LogP contribution in [0.25, 0.3) is 10.2 Å². The van der Waals surface area contributed by atoms with Gasteiger partial charge in [-0.05, 0) is 43.2 Å². The van der Waals surface area contributed by atoms with Crippen molar-refractivity contribution in [2.45, 2.75) is 51.3 Å². The third-order valence-electron chi connectivity index (χ3n) is 5.40. The van der Waals surface area contributed by atoms with E-state index >= 15 is 0 Å². The lowest BCUT2D eigenvalue weighted by Crippen LogP contribution is -2.32. The van der Waals surface area contributed by atoms with Crippen LogP contribution in [0.5, 0.6) is 0 Å². The summed E-state index contributed by atoms with van der Waals surface area (Å²) >= 11 is 3.18. The number of carbonyl (C=O) groups is 1. The Hall–Kier alpha value is -2.12. The molecule has 30 heavy (non-hydrogen) atoms. The van der Waals surface area contributed by atoms with Crippen molar-refractivity contribution in [3.05, 3.63) is 62.5 Å². The Kier molecular flexibility index (Phi) is 6.89. The molecule has 0 atom stereocenters. The number of fused-ring (bicyclic) bond motifs is 3. The Morgan fingerprint density at radius 1 is 1.23 bits per heavy atom. The number of aromatic nitrogens is 2. The van der Waals surface area contributed by atoms with Crippen molar-refractivity contribution < 1.29 is 4.79 Å². The monoisotopic (exact) mass is 441 g/mol. The second kappa shape index (κ2) is 9.79. The van der Waals surface area contributed by atoms with Crippen LogP contribution < -0.4 is 5.56 Å². The molecule has 0 saturated carbocycles. The molecule has 3 aromatic rings. The van der Waals surface area contributed by atoms with Gasteiger partial charge in [0.25, 0.3) is 5.56 Å². The molecule has 0 radical (unpaired) electrons. The van der Waals surface area contributed by atoms with Gasteiger partial charge in [-0.2, -0.15) is 0 Å². The van der Waals surface area contributed by atoms with Crippen LogP contribution in [0.1, 0.15) is 48.0 Å². The highest BCUT2D eigenvalue weighted by atomic mass is 32.2. The summed E-state index contributed by atoms with van der Waals surface area (Å²) in [5.74, 6) is 1.70. The van der Waals surface area contributed by atoms with Crippen molar-refractivity contribution in [3.8, 4) is 0 Å². The first-order valence-corrected chi connectivity index (χ1v) is 12.6. The fourth-order valence-electron chi connectivity index (χ4n) is 3.97. The van der Waals surface area contributed by atoms with Gasteiger partial charge in [0.15, 0.2) is 0 Å². The summed E-state index contributed by atoms with van der Waals surface area (Å²) in [4.78, 5) is 37.1. The molecule has 0 fully saturated rings. The third kappa shape index (κ3) is 4.78. The molecule has 4 rings (SSSR count). The highest BCUT2D eigenvalue weighted by Gasteiger charge is 2.20. The largest absolute Gasteiger partial charge is 0.338 e. The van der Waals surface area contributed by atoms with Crippen molar-refractivity contribution in [1.82, 2.24) is 14.9 Å². The fraction of sp³-hybridized carbons (Fsp3) is 0.435. The van der Waals surface area contributed by atoms with Gasteiger partial charge >= 0.3 is 0 Å². The molecular weight excluding hydrogens is 414 g/mol. The number of H-pyrrole nitrogens is 1. The van der Waals surface area contributed by atoms with E-state index < -0.39 is 0 Å². The number of hydrogen-bond acceptors (Lipinski definition) is 5. The van der Waals surface area contributed by atoms with E-state index in [2.05, 4.69) is 11.9 Å². The summed E-state index contributed by atoms with van der Waals surface area (Å²) in [5, 5.41) is 0.788. The van der Waals surface area contributed by atoms with E-state index in [1.54, 1.807) is 11.3 Å². The smallest absolute Gasteiger partial charge is 0.259 e. The summed E-state index contributed by atoms with van der Waals surface area (Å²) in [7, 11) is 0. The van der Waals surface area contributed by atoms with Crippen LogP contribution in [0.2, 0.25) is 0 Å². The maximum Gasteiger partial charge on any atom is 0.259 e. The average molecular weight is 442 g/mol. The molecule has 0 aliphatic heterocycles. The lowest BCUT2D eigenvalue weighted by atomic mass is 9.97. The van der Waals surface area contributed by atoms with Crippen molar-refractivity contribution in [3.63, 3.8) is 0 Å². The number of aromatic amines is 1. The molecule has 0 unspecified atom stereocenters. The Morgan fingerprint density at radius 2 is 2.03 bits per heavy atom. The lowest BCUT2D eigenvalue weighted by Gasteiger charge is -2.22. The summed E-state index contributed by atoms with van der Waals surface area (Å²) in [6.07, 6.45) is 5.31. The van der Waals surface area contributed by atoms with Crippen molar-refractivity contribution in [1.29, 1.82) is 0 Å². The van der Waals surface area contributed by atoms with E-state index in [9.17, 15) is 9.59 Å². The van der Waals surface area contributed by atoms with Gasteiger partial charge in [0.1, 0.15) is 10.7 Å². The fourth-order valence-corrected chi connectivity index (χ4v) is 6.04. The number of rotatable bonds is 8. The normalized spacial score (nSPS) is 13.4. The molecule has 5 nitrogen and oxygen atoms in total. The summed E-state index contributed by atoms with van der Waals surface area (Å²) in [5.41, 5.74) is 2.32. The zero-order valence-electron chi connectivity index (χ0n) is 17.3. The number of hydrogen-bond donors (Lipinski definition) is 1. The second-order valence-corrected chi connectivity index (χ2v) is 9.77. The molecule has 1 aliphatic carbocycles. The van der Waals surface area contributed by atoms with E-state index in [1.165, 1.54) is 28.6 Å². The molecule has 2 heterocycles. The van der Waals surface area contributed by atoms with Crippen LogP contribution in [0, 0.1) is 0 Å². The van der Waals surface area contributed by atoms with Gasteiger partial charge in [-0.25, -0.2) is 4.98 Å². The Labute approximate surface area is 184 Å². The van der Waals surface area contributed by atoms with E-state index in [0.29, 0.717) is 23.9 Å². The van der Waals surface area contributed by atoms with Crippen LogP contribution in [-0.4, -0.2) is 33.1 Å². The Balaban J connectivity index is 1.39. The second-order valence-electron chi connectivity index (χ2n) is 7.70. The zero-order valence-corrected chi connectivity index (χ0v) is 18.9. The average Bonchev–Trinajstić information content (AvgIpc) is 3.13. The third-order valence-corrected chi connectivity index (χ3v) is 7.52. The van der Waals surface area contributed by atoms with Crippen LogP contribution in [0.4, 0.5) is 0 Å². The highest BCUT2D eigenvalue weighted by Crippen LogP contribution is 2.33. The van der Waals surface area contributed by atoms with Gasteiger partial charge in [0, 0.05) is 18.0 Å². The minimum absolute atomic E-state index is 0.0296. The first kappa shape index (κ1) is 21.1. The number of nitrogens with zero attached hydrogens (tertiary/aromatic N) is 2. The van der Waals surface area contributed by atoms with Crippen molar-refractivity contribution in [2.75, 3.05) is 12.3 Å². The lowest BCUT2D eigenvalue weighted by molar-refractivity contribution is -0.129. The van der Waals surface area contributed by atoms with Crippen molar-refractivity contribution in [2.24, 2.45) is 0 Å². The van der Waals surface area contributed by atoms with Crippen LogP contribution in [-0.2, 0) is 29.9 Å². The van der Waals surface area contributed by atoms with Gasteiger partial charge in [-0.15, -0.1) is 23.1 Å². The molecule has 1 amide bonds. The van der Waals surface area contributed by atoms with Gasteiger partial charge < -0.3 is 9.88 Å². The highest BCUT2D eigenvalue weighted by molar-refractivity contribution is 7.99. The Morgan fingerprint density at radius 3 is 2.83 bits per heavy atom. The predicted molar refractivity (Wildman–Crippen MR) is 125 cm³/mol. The summed E-state index contributed by atoms with van der Waals surface area (Å²) in [6.45, 7) is 3.47. The maximum absolute atomic E-state index is 12.8. The quantitative estimate of drug-likeness (QED) is 0.558. The number of benzene rings is 1. The van der Waals surface area contributed by atoms with Gasteiger partial charge in [-0.3, -0.25) is 9.59 Å². The van der Waals surface area contributed by atoms with E-state index in [0.717, 1.165) is 48.0 Å². The molecule has 2 aromatic heterocycles. The standard InChI is InChI=1S/C23H27N3O2S2/c1-2-12-26(13-16-8-4-3-5-9-16)20(27)15-29-14-19-24-22(28)21-17-10-6-7-11-18(17)30-23(21)25-19/h3-5,8-9H,2,6-7,10-15H2,1H3,(H,24,25,28). The molecule has 158 valence electrons. The Bertz CT molecular complexity index is 1080. The number of aryl methyl sites for hydroxylation is 2. The van der Waals surface area contributed by atoms with Crippen LogP contribution in [0.3, 0.4) is 0 Å². The number of thioether (sulfide) groups is 1. The summed E-state index contributed by atoms with van der Waals surface area (Å²) in [6, 6.07) is 10.1. The van der Waals surface area contributed by atoms with Gasteiger partial charge in [0.05, 0.1) is 16.9 Å². The molecule has 1 aliphatic rings. The minimum atomic E-state index is -0.0296. The molecule has 0 bridgehead atoms. The van der Waals surface area contributed by atoms with Gasteiger partial charge in [0.2, 0.25) is 5.91 Å². The molecule has 0 saturated heterocycles. The molecule has 1 aromatic carbocycles. The topological polar surface area (TPSA) is 66.1 Å². The maximum atomic E-state index is 12.8. The van der Waals surface area contributed by atoms with E-state index in [1.807, 2.05) is 35.2 Å². The molecule has 1 N–H and O–H groups in total. The zero-order chi connectivity index (χ0) is 20.9. The van der Waals surface area contributed by atoms with Gasteiger partial charge in [-0.1, -0.05) is 37.3 Å². The van der Waals surface area contributed by atoms with Crippen LogP contribution in [0.15, 0.2) is 35.1 Å². The molecule has 7 heteroatoms. The van der Waals surface area contributed by atoms with E-state index in [-0.39, 0.29) is 11.5 Å². The van der Waals surface area contributed by atoms with Crippen LogP contribution >= 0.6 is 23.1 Å². The number of carbonyl (C=O) groups excluding carboxylic acids is 1. The van der Waals surface area contributed by atoms with Crippen molar-refractivity contribution >= 4 is 39.2 Å². The molecular formula is C23H27N3O2S2. The minimum Gasteiger partial charge on any atom is -0.338 e. The van der Waals surface area contributed by atoms with E-state index in [4.69, 9.17) is 4.98 Å². The summed E-state index contributed by atoms with van der Waals surface area (Å²) < 4.78 is 0. The number of thiophene rings is 1. The predicted octanol–water partition coefficient (Wildman–Crippen LogP) is 4.54. The first-order valence-electron chi connectivity index (χ1n) is 10.6. The SMILES string of the molecule is CCCN(Cc1ccccc1)C(=O)CSCc1nc2sc3c(c2c(=O)[nH]1)CCCC3. The first-order chi connectivity index (χ1) is 14.7. The number of nitrogens with one attached hydrogen (secondary N) is 1.